The zero-order chi connectivity index (χ0) is 30.3. The summed E-state index contributed by atoms with van der Waals surface area (Å²) >= 11 is 2.08. The molecule has 218 valence electrons. The third-order valence-electron chi connectivity index (χ3n) is 6.10. The van der Waals surface area contributed by atoms with E-state index in [1.165, 1.54) is 19.1 Å². The molecule has 4 aromatic rings. The van der Waals surface area contributed by atoms with E-state index in [2.05, 4.69) is 48.3 Å². The van der Waals surface area contributed by atoms with Crippen LogP contribution in [0.25, 0.3) is 0 Å². The summed E-state index contributed by atoms with van der Waals surface area (Å²) in [6.45, 7) is 1.37. The molecule has 0 radical (unpaired) electrons. The average molecular weight is 692 g/mol. The van der Waals surface area contributed by atoms with Crippen molar-refractivity contribution in [3.63, 3.8) is 0 Å². The van der Waals surface area contributed by atoms with Gasteiger partial charge in [-0.05, 0) is 82.2 Å². The number of hydrogen-bond donors (Lipinski definition) is 3. The highest BCUT2D eigenvalue weighted by Gasteiger charge is 2.44. The highest BCUT2D eigenvalue weighted by molar-refractivity contribution is 14.1. The molecule has 0 fully saturated rings. The van der Waals surface area contributed by atoms with Gasteiger partial charge in [-0.3, -0.25) is 9.78 Å². The van der Waals surface area contributed by atoms with Gasteiger partial charge in [0.15, 0.2) is 0 Å². The van der Waals surface area contributed by atoms with Gasteiger partial charge in [0.05, 0.1) is 5.69 Å². The van der Waals surface area contributed by atoms with Crippen molar-refractivity contribution in [3.8, 4) is 5.75 Å². The number of hydrogen-bond acceptors (Lipinski definition) is 4. The van der Waals surface area contributed by atoms with Crippen LogP contribution < -0.4 is 20.7 Å². The van der Waals surface area contributed by atoms with Crippen LogP contribution in [0.15, 0.2) is 97.2 Å². The number of urea groups is 1. The molecule has 0 unspecified atom stereocenters. The number of pyridine rings is 1. The maximum atomic E-state index is 13.8. The summed E-state index contributed by atoms with van der Waals surface area (Å²) in [5.74, 6) is -0.766. The number of ether oxygens (including phenoxy) is 1. The summed E-state index contributed by atoms with van der Waals surface area (Å²) in [6.07, 6.45) is -7.07. The molecule has 3 aromatic carbocycles. The van der Waals surface area contributed by atoms with Crippen LogP contribution in [0, 0.1) is 3.57 Å². The summed E-state index contributed by atoms with van der Waals surface area (Å²) in [5.41, 5.74) is 0.860. The smallest absolute Gasteiger partial charge is 0.428 e. The maximum absolute atomic E-state index is 13.8. The molecular weight excluding hydrogens is 667 g/mol. The molecule has 1 aromatic heterocycles. The van der Waals surface area contributed by atoms with Gasteiger partial charge in [-0.2, -0.15) is 17.6 Å². The zero-order valence-corrected chi connectivity index (χ0v) is 24.2. The fourth-order valence-electron chi connectivity index (χ4n) is 4.27. The lowest BCUT2D eigenvalue weighted by Gasteiger charge is -2.35. The van der Waals surface area contributed by atoms with E-state index in [4.69, 9.17) is 0 Å². The molecule has 0 bridgehead atoms. The van der Waals surface area contributed by atoms with E-state index in [0.717, 1.165) is 15.2 Å². The SMILES string of the molecule is CC(=O)Nc1ccc(NC(=O)N[C@@](Cc2ccccc2)(c2cccc(OC(F)(F)C(F)F)c2)c2ccc(I)cn2)cc1. The number of nitrogens with one attached hydrogen (secondary N) is 3. The van der Waals surface area contributed by atoms with Crippen molar-refractivity contribution in [2.75, 3.05) is 10.6 Å². The molecule has 12 heteroatoms. The first kappa shape index (κ1) is 30.8. The van der Waals surface area contributed by atoms with Crippen LogP contribution >= 0.6 is 22.6 Å². The Morgan fingerprint density at radius 2 is 1.57 bits per heavy atom. The molecule has 0 saturated heterocycles. The second-order valence-electron chi connectivity index (χ2n) is 9.26. The van der Waals surface area contributed by atoms with Gasteiger partial charge in [0.25, 0.3) is 0 Å². The molecule has 0 saturated carbocycles. The van der Waals surface area contributed by atoms with Crippen LogP contribution in [0.1, 0.15) is 23.7 Å². The Hall–Kier alpha value is -4.20. The Morgan fingerprint density at radius 1 is 0.905 bits per heavy atom. The first-order chi connectivity index (χ1) is 20.0. The quantitative estimate of drug-likeness (QED) is 0.121. The fraction of sp³-hybridized carbons (Fsp3) is 0.167. The van der Waals surface area contributed by atoms with Gasteiger partial charge >= 0.3 is 18.6 Å². The summed E-state index contributed by atoms with van der Waals surface area (Å²) in [6, 6.07) is 23.5. The van der Waals surface area contributed by atoms with Crippen LogP contribution in [0.5, 0.6) is 5.75 Å². The predicted molar refractivity (Wildman–Crippen MR) is 159 cm³/mol. The fourth-order valence-corrected chi connectivity index (χ4v) is 4.59. The Balaban J connectivity index is 1.78. The molecule has 0 aliphatic rings. The van der Waals surface area contributed by atoms with E-state index in [1.54, 1.807) is 60.8 Å². The molecule has 7 nitrogen and oxygen atoms in total. The number of rotatable bonds is 10. The number of nitrogens with zero attached hydrogens (tertiary/aromatic N) is 1. The molecule has 0 aliphatic carbocycles. The van der Waals surface area contributed by atoms with Crippen molar-refractivity contribution in [1.29, 1.82) is 0 Å². The summed E-state index contributed by atoms with van der Waals surface area (Å²) < 4.78 is 58.7. The van der Waals surface area contributed by atoms with Gasteiger partial charge in [0.2, 0.25) is 5.91 Å². The maximum Gasteiger partial charge on any atom is 0.461 e. The van der Waals surface area contributed by atoms with E-state index >= 15 is 0 Å². The molecule has 0 spiro atoms. The van der Waals surface area contributed by atoms with Gasteiger partial charge in [-0.1, -0.05) is 42.5 Å². The van der Waals surface area contributed by atoms with Crippen molar-refractivity contribution in [2.45, 2.75) is 31.4 Å². The van der Waals surface area contributed by atoms with Crippen LogP contribution in [-0.4, -0.2) is 29.5 Å². The van der Waals surface area contributed by atoms with Gasteiger partial charge in [0.1, 0.15) is 11.3 Å². The van der Waals surface area contributed by atoms with Gasteiger partial charge in [-0.15, -0.1) is 0 Å². The largest absolute Gasteiger partial charge is 0.461 e. The molecule has 1 atom stereocenters. The molecule has 1 heterocycles. The predicted octanol–water partition coefficient (Wildman–Crippen LogP) is 7.19. The van der Waals surface area contributed by atoms with Crippen LogP contribution in [0.3, 0.4) is 0 Å². The van der Waals surface area contributed by atoms with Gasteiger partial charge < -0.3 is 20.7 Å². The molecule has 3 amide bonds. The van der Waals surface area contributed by atoms with E-state index < -0.39 is 29.9 Å². The number of aromatic nitrogens is 1. The number of carbonyl (C=O) groups is 2. The highest BCUT2D eigenvalue weighted by atomic mass is 127. The van der Waals surface area contributed by atoms with E-state index in [1.807, 2.05) is 18.2 Å². The number of carbonyl (C=O) groups excluding carboxylic acids is 2. The van der Waals surface area contributed by atoms with Gasteiger partial charge in [0, 0.05) is 34.5 Å². The minimum Gasteiger partial charge on any atom is -0.428 e. The minimum absolute atomic E-state index is 0.116. The number of anilines is 2. The normalized spacial score (nSPS) is 12.7. The Labute approximate surface area is 252 Å². The standard InChI is InChI=1S/C30H25F4IN4O3/c1-19(40)37-23-11-13-24(14-12-23)38-28(41)39-29(17-20-6-3-2-4-7-20,26-15-10-22(35)18-36-26)21-8-5-9-25(16-21)42-30(33,34)27(31)32/h2-16,18,27H,17H2,1H3,(H,37,40)(H2,38,39,41)/t29-/m0/s1. The van der Waals surface area contributed by atoms with Crippen molar-refractivity contribution in [3.05, 3.63) is 118 Å². The minimum atomic E-state index is -4.73. The van der Waals surface area contributed by atoms with Gasteiger partial charge in [-0.25, -0.2) is 4.79 Å². The molecule has 3 N–H and O–H groups in total. The van der Waals surface area contributed by atoms with Crippen molar-refractivity contribution in [1.82, 2.24) is 10.3 Å². The number of halogens is 5. The Kier molecular flexibility index (Phi) is 9.66. The van der Waals surface area contributed by atoms with Crippen molar-refractivity contribution in [2.24, 2.45) is 0 Å². The molecule has 42 heavy (non-hydrogen) atoms. The highest BCUT2D eigenvalue weighted by Crippen LogP contribution is 2.36. The number of amides is 3. The number of alkyl halides is 4. The van der Waals surface area contributed by atoms with Crippen molar-refractivity contribution >= 4 is 45.9 Å². The number of benzene rings is 3. The van der Waals surface area contributed by atoms with Crippen LogP contribution in [0.4, 0.5) is 33.7 Å². The van der Waals surface area contributed by atoms with Crippen molar-refractivity contribution < 1.29 is 31.9 Å². The lowest BCUT2D eigenvalue weighted by atomic mass is 9.80. The lowest BCUT2D eigenvalue weighted by molar-refractivity contribution is -0.253. The molecule has 4 rings (SSSR count). The van der Waals surface area contributed by atoms with E-state index in [0.29, 0.717) is 17.1 Å². The third-order valence-corrected chi connectivity index (χ3v) is 6.74. The van der Waals surface area contributed by atoms with E-state index in [9.17, 15) is 27.2 Å². The summed E-state index contributed by atoms with van der Waals surface area (Å²) in [4.78, 5) is 29.4. The van der Waals surface area contributed by atoms with Crippen LogP contribution in [-0.2, 0) is 16.8 Å². The second-order valence-corrected chi connectivity index (χ2v) is 10.5. The Bertz CT molecular complexity index is 1520. The molecular formula is C30H25F4IN4O3. The monoisotopic (exact) mass is 692 g/mol. The third kappa shape index (κ3) is 7.75. The first-order valence-corrected chi connectivity index (χ1v) is 13.6. The zero-order valence-electron chi connectivity index (χ0n) is 22.1. The first-order valence-electron chi connectivity index (χ1n) is 12.6. The summed E-state index contributed by atoms with van der Waals surface area (Å²) in [5, 5.41) is 8.34. The van der Waals surface area contributed by atoms with E-state index in [-0.39, 0.29) is 17.9 Å². The average Bonchev–Trinajstić information content (AvgIpc) is 2.94. The summed E-state index contributed by atoms with van der Waals surface area (Å²) in [7, 11) is 0. The lowest BCUT2D eigenvalue weighted by Crippen LogP contribution is -2.50. The second kappa shape index (κ2) is 13.2. The Morgan fingerprint density at radius 3 is 2.17 bits per heavy atom. The van der Waals surface area contributed by atoms with Crippen LogP contribution in [0.2, 0.25) is 0 Å². The topological polar surface area (TPSA) is 92.4 Å². The molecule has 0 aliphatic heterocycles.